The van der Waals surface area contributed by atoms with Crippen molar-refractivity contribution in [3.8, 4) is 6.07 Å². The van der Waals surface area contributed by atoms with Crippen LogP contribution in [0.1, 0.15) is 43.6 Å². The standard InChI is InChI=1S/C16H20N3O3/c1-15(2)10-18(11-16(3,4)19(15)21)22-14(20)13-7-5-12(9-17)6-8-13/h5-8H,10-11H2,1-4H3. The number of piperazine rings is 1. The number of nitrogens with zero attached hydrogens (tertiary/aromatic N) is 3. The highest BCUT2D eigenvalue weighted by molar-refractivity contribution is 5.89. The lowest BCUT2D eigenvalue weighted by Gasteiger charge is -2.49. The van der Waals surface area contributed by atoms with E-state index in [0.717, 1.165) is 5.06 Å². The van der Waals surface area contributed by atoms with Crippen LogP contribution < -0.4 is 0 Å². The Morgan fingerprint density at radius 1 is 1.14 bits per heavy atom. The van der Waals surface area contributed by atoms with Crippen LogP contribution in [0.4, 0.5) is 0 Å². The largest absolute Gasteiger partial charge is 0.364 e. The average molecular weight is 302 g/mol. The van der Waals surface area contributed by atoms with Crippen LogP contribution in [0.2, 0.25) is 0 Å². The minimum absolute atomic E-state index is 0.335. The van der Waals surface area contributed by atoms with Crippen molar-refractivity contribution >= 4 is 5.97 Å². The Balaban J connectivity index is 2.10. The van der Waals surface area contributed by atoms with E-state index >= 15 is 0 Å². The minimum Gasteiger partial charge on any atom is -0.364 e. The van der Waals surface area contributed by atoms with Gasteiger partial charge in [0.05, 0.1) is 41.4 Å². The highest BCUT2D eigenvalue weighted by atomic mass is 16.7. The first-order valence-electron chi connectivity index (χ1n) is 7.11. The number of hydroxylamine groups is 4. The highest BCUT2D eigenvalue weighted by Crippen LogP contribution is 2.30. The van der Waals surface area contributed by atoms with Gasteiger partial charge in [-0.05, 0) is 52.0 Å². The van der Waals surface area contributed by atoms with Gasteiger partial charge in [0.15, 0.2) is 0 Å². The Morgan fingerprint density at radius 2 is 1.64 bits per heavy atom. The Bertz CT molecular complexity index is 584. The Hall–Kier alpha value is -1.94. The van der Waals surface area contributed by atoms with Crippen LogP contribution in [0, 0.1) is 11.3 Å². The smallest absolute Gasteiger partial charge is 0.357 e. The summed E-state index contributed by atoms with van der Waals surface area (Å²) in [4.78, 5) is 17.6. The summed E-state index contributed by atoms with van der Waals surface area (Å²) in [5.74, 6) is -0.490. The topological polar surface area (TPSA) is 76.5 Å². The molecule has 0 aromatic heterocycles. The fourth-order valence-electron chi connectivity index (χ4n) is 2.78. The van der Waals surface area contributed by atoms with Crippen molar-refractivity contribution in [1.29, 1.82) is 5.26 Å². The van der Waals surface area contributed by atoms with E-state index in [4.69, 9.17) is 10.1 Å². The van der Waals surface area contributed by atoms with Gasteiger partial charge in [-0.2, -0.15) is 5.26 Å². The Kier molecular flexibility index (Phi) is 4.25. The monoisotopic (exact) mass is 302 g/mol. The van der Waals surface area contributed by atoms with Gasteiger partial charge in [0.1, 0.15) is 0 Å². The zero-order valence-electron chi connectivity index (χ0n) is 13.3. The minimum atomic E-state index is -0.646. The van der Waals surface area contributed by atoms with E-state index in [2.05, 4.69) is 0 Å². The van der Waals surface area contributed by atoms with Gasteiger partial charge in [-0.25, -0.2) is 4.79 Å². The van der Waals surface area contributed by atoms with Gasteiger partial charge in [-0.3, -0.25) is 0 Å². The fourth-order valence-corrected chi connectivity index (χ4v) is 2.78. The molecule has 0 aliphatic carbocycles. The second-order valence-electron chi connectivity index (χ2n) is 6.79. The molecule has 0 saturated carbocycles. The second-order valence-corrected chi connectivity index (χ2v) is 6.79. The van der Waals surface area contributed by atoms with Crippen LogP contribution in [0.15, 0.2) is 24.3 Å². The van der Waals surface area contributed by atoms with Gasteiger partial charge in [-0.15, -0.1) is 15.3 Å². The van der Waals surface area contributed by atoms with Crippen molar-refractivity contribution in [1.82, 2.24) is 10.1 Å². The maximum Gasteiger partial charge on any atom is 0.357 e. The molecule has 0 atom stereocenters. The zero-order chi connectivity index (χ0) is 16.5. The lowest BCUT2D eigenvalue weighted by atomic mass is 9.92. The molecule has 1 fully saturated rings. The summed E-state index contributed by atoms with van der Waals surface area (Å²) in [7, 11) is 0. The number of carbonyl (C=O) groups excluding carboxylic acids is 1. The summed E-state index contributed by atoms with van der Waals surface area (Å²) in [5, 5.41) is 23.6. The first kappa shape index (κ1) is 16.4. The summed E-state index contributed by atoms with van der Waals surface area (Å²) in [6, 6.07) is 8.25. The molecule has 0 unspecified atom stereocenters. The van der Waals surface area contributed by atoms with Crippen LogP contribution in [-0.2, 0) is 10.0 Å². The molecule has 22 heavy (non-hydrogen) atoms. The van der Waals surface area contributed by atoms with E-state index in [1.54, 1.807) is 24.3 Å². The molecule has 0 spiro atoms. The van der Waals surface area contributed by atoms with Gasteiger partial charge in [0.2, 0.25) is 0 Å². The maximum atomic E-state index is 12.3. The summed E-state index contributed by atoms with van der Waals surface area (Å²) in [6.45, 7) is 7.96. The van der Waals surface area contributed by atoms with Crippen molar-refractivity contribution in [2.24, 2.45) is 0 Å². The van der Waals surface area contributed by atoms with Crippen molar-refractivity contribution in [3.63, 3.8) is 0 Å². The van der Waals surface area contributed by atoms with Crippen molar-refractivity contribution in [2.75, 3.05) is 13.1 Å². The van der Waals surface area contributed by atoms with Crippen LogP contribution in [-0.4, -0.2) is 40.3 Å². The molecular formula is C16H20N3O3. The molecule has 6 heteroatoms. The van der Waals surface area contributed by atoms with E-state index in [1.165, 1.54) is 5.06 Å². The maximum absolute atomic E-state index is 12.3. The van der Waals surface area contributed by atoms with Gasteiger partial charge < -0.3 is 4.84 Å². The van der Waals surface area contributed by atoms with Crippen LogP contribution in [0.3, 0.4) is 0 Å². The highest BCUT2D eigenvalue weighted by Gasteiger charge is 2.46. The van der Waals surface area contributed by atoms with E-state index in [-0.39, 0.29) is 0 Å². The predicted molar refractivity (Wildman–Crippen MR) is 78.8 cm³/mol. The molecule has 2 rings (SSSR count). The fraction of sp³-hybridized carbons (Fsp3) is 0.500. The van der Waals surface area contributed by atoms with E-state index < -0.39 is 17.0 Å². The summed E-state index contributed by atoms with van der Waals surface area (Å²) in [6.07, 6.45) is 0. The normalized spacial score (nSPS) is 21.1. The summed E-state index contributed by atoms with van der Waals surface area (Å²) >= 11 is 0. The van der Waals surface area contributed by atoms with E-state index in [9.17, 15) is 10.0 Å². The van der Waals surface area contributed by atoms with Crippen LogP contribution in [0.25, 0.3) is 0 Å². The third kappa shape index (κ3) is 3.28. The molecule has 1 aliphatic heterocycles. The third-order valence-electron chi connectivity index (χ3n) is 3.69. The molecule has 1 aliphatic rings. The van der Waals surface area contributed by atoms with Crippen molar-refractivity contribution in [3.05, 3.63) is 35.4 Å². The quantitative estimate of drug-likeness (QED) is 0.836. The Morgan fingerprint density at radius 3 is 2.09 bits per heavy atom. The van der Waals surface area contributed by atoms with Crippen molar-refractivity contribution in [2.45, 2.75) is 38.8 Å². The molecule has 1 aromatic rings. The van der Waals surface area contributed by atoms with Gasteiger partial charge in [-0.1, -0.05) is 0 Å². The number of benzene rings is 1. The van der Waals surface area contributed by atoms with Gasteiger partial charge in [0.25, 0.3) is 0 Å². The van der Waals surface area contributed by atoms with Crippen LogP contribution >= 0.6 is 0 Å². The first-order chi connectivity index (χ1) is 10.2. The van der Waals surface area contributed by atoms with Gasteiger partial charge in [0, 0.05) is 0 Å². The molecule has 1 heterocycles. The van der Waals surface area contributed by atoms with E-state index in [0.29, 0.717) is 24.2 Å². The molecule has 0 bridgehead atoms. The summed E-state index contributed by atoms with van der Waals surface area (Å²) < 4.78 is 0. The molecule has 0 N–H and O–H groups in total. The predicted octanol–water partition coefficient (Wildman–Crippen LogP) is 2.15. The first-order valence-corrected chi connectivity index (χ1v) is 7.11. The number of carbonyl (C=O) groups is 1. The lowest BCUT2D eigenvalue weighted by molar-refractivity contribution is -0.324. The number of nitriles is 1. The average Bonchev–Trinajstić information content (AvgIpc) is 2.44. The van der Waals surface area contributed by atoms with E-state index in [1.807, 2.05) is 33.8 Å². The van der Waals surface area contributed by atoms with Crippen molar-refractivity contribution < 1.29 is 14.8 Å². The molecule has 117 valence electrons. The molecule has 1 aromatic carbocycles. The lowest BCUT2D eigenvalue weighted by Crippen LogP contribution is -2.66. The second kappa shape index (κ2) is 5.69. The molecule has 1 radical (unpaired) electrons. The number of rotatable bonds is 2. The Labute approximate surface area is 130 Å². The van der Waals surface area contributed by atoms with Gasteiger partial charge >= 0.3 is 5.97 Å². The SMILES string of the molecule is CC1(C)CN(OC(=O)c2ccc(C#N)cc2)CC(C)(C)N1[O]. The number of hydrogen-bond donors (Lipinski definition) is 0. The molecule has 1 saturated heterocycles. The molecule has 0 amide bonds. The van der Waals surface area contributed by atoms with Crippen LogP contribution in [0.5, 0.6) is 0 Å². The number of hydrogen-bond acceptors (Lipinski definition) is 5. The molecule has 6 nitrogen and oxygen atoms in total. The summed E-state index contributed by atoms with van der Waals surface area (Å²) in [5.41, 5.74) is -0.433. The zero-order valence-corrected chi connectivity index (χ0v) is 13.3. The third-order valence-corrected chi connectivity index (χ3v) is 3.69. The molecular weight excluding hydrogens is 282 g/mol.